The van der Waals surface area contributed by atoms with Crippen LogP contribution in [0.3, 0.4) is 0 Å². The van der Waals surface area contributed by atoms with Crippen LogP contribution in [0.2, 0.25) is 0 Å². The third-order valence-electron chi connectivity index (χ3n) is 7.22. The van der Waals surface area contributed by atoms with Crippen molar-refractivity contribution in [2.45, 2.75) is 57.8 Å². The molecular formula is C20H24N2O2. The first-order chi connectivity index (χ1) is 11.4. The molecule has 126 valence electrons. The first kappa shape index (κ1) is 14.5. The van der Waals surface area contributed by atoms with Gasteiger partial charge in [0.1, 0.15) is 0 Å². The lowest BCUT2D eigenvalue weighted by Gasteiger charge is -2.57. The van der Waals surface area contributed by atoms with E-state index in [-0.39, 0.29) is 16.0 Å². The van der Waals surface area contributed by atoms with Crippen LogP contribution in [0.5, 0.6) is 0 Å². The van der Waals surface area contributed by atoms with E-state index in [1.54, 1.807) is 6.07 Å². The van der Waals surface area contributed by atoms with Gasteiger partial charge in [-0.1, -0.05) is 0 Å². The van der Waals surface area contributed by atoms with E-state index in [1.807, 2.05) is 6.07 Å². The summed E-state index contributed by atoms with van der Waals surface area (Å²) in [6.45, 7) is 4.14. The Labute approximate surface area is 141 Å². The molecule has 1 heterocycles. The number of nitro benzene ring substituents is 1. The van der Waals surface area contributed by atoms with Gasteiger partial charge in [-0.2, -0.15) is 0 Å². The lowest BCUT2D eigenvalue weighted by Crippen LogP contribution is -2.48. The Morgan fingerprint density at radius 1 is 1.08 bits per heavy atom. The number of fused-ring (bicyclic) bond motifs is 1. The molecule has 0 radical (unpaired) electrons. The zero-order chi connectivity index (χ0) is 16.6. The van der Waals surface area contributed by atoms with Crippen LogP contribution in [0, 0.1) is 41.7 Å². The Hall–Kier alpha value is -1.84. The van der Waals surface area contributed by atoms with Crippen molar-refractivity contribution in [2.24, 2.45) is 17.8 Å². The van der Waals surface area contributed by atoms with Gasteiger partial charge < -0.3 is 4.98 Å². The molecule has 0 unspecified atom stereocenters. The third-order valence-corrected chi connectivity index (χ3v) is 7.22. The van der Waals surface area contributed by atoms with Gasteiger partial charge in [0.05, 0.1) is 10.4 Å². The monoisotopic (exact) mass is 324 g/mol. The summed E-state index contributed by atoms with van der Waals surface area (Å²) in [6, 6.07) is 3.66. The molecule has 1 N–H and O–H groups in total. The summed E-state index contributed by atoms with van der Waals surface area (Å²) in [7, 11) is 0. The molecule has 4 nitrogen and oxygen atoms in total. The minimum atomic E-state index is -0.217. The van der Waals surface area contributed by atoms with Gasteiger partial charge in [0.25, 0.3) is 5.69 Å². The van der Waals surface area contributed by atoms with Gasteiger partial charge in [-0.3, -0.25) is 10.1 Å². The van der Waals surface area contributed by atoms with E-state index in [0.29, 0.717) is 0 Å². The number of H-pyrrole nitrogens is 1. The van der Waals surface area contributed by atoms with Gasteiger partial charge in [0.2, 0.25) is 0 Å². The lowest BCUT2D eigenvalue weighted by atomic mass is 9.48. The fourth-order valence-corrected chi connectivity index (χ4v) is 6.50. The molecule has 0 spiro atoms. The quantitative estimate of drug-likeness (QED) is 0.612. The average Bonchev–Trinajstić information content (AvgIpc) is 2.80. The Bertz CT molecular complexity index is 829. The van der Waals surface area contributed by atoms with Crippen LogP contribution in [0.4, 0.5) is 5.69 Å². The van der Waals surface area contributed by atoms with Crippen LogP contribution in [0.25, 0.3) is 10.9 Å². The van der Waals surface area contributed by atoms with Crippen molar-refractivity contribution in [2.75, 3.05) is 0 Å². The van der Waals surface area contributed by atoms with E-state index in [0.717, 1.165) is 39.9 Å². The molecule has 4 aliphatic rings. The van der Waals surface area contributed by atoms with Crippen molar-refractivity contribution < 1.29 is 4.92 Å². The molecule has 6 rings (SSSR count). The number of aryl methyl sites for hydroxylation is 2. The molecule has 1 aromatic heterocycles. The number of aromatic nitrogens is 1. The smallest absolute Gasteiger partial charge is 0.270 e. The summed E-state index contributed by atoms with van der Waals surface area (Å²) in [5, 5.41) is 12.6. The number of nitrogens with zero attached hydrogens (tertiary/aromatic N) is 1. The molecule has 4 aliphatic carbocycles. The van der Waals surface area contributed by atoms with Crippen molar-refractivity contribution in [3.8, 4) is 0 Å². The standard InChI is InChI=1S/C20H24N2O2/c1-11-12(2)21-19-17(11)6-16(22(23)24)7-18(19)20-8-13-3-14(9-20)5-15(4-13)10-20/h6-7,13-15,21H,3-5,8-10H2,1-2H3. The minimum Gasteiger partial charge on any atom is -0.358 e. The number of hydrogen-bond donors (Lipinski definition) is 1. The number of hydrogen-bond acceptors (Lipinski definition) is 2. The van der Waals surface area contributed by atoms with Crippen LogP contribution < -0.4 is 0 Å². The highest BCUT2D eigenvalue weighted by atomic mass is 16.6. The topological polar surface area (TPSA) is 58.9 Å². The number of benzene rings is 1. The summed E-state index contributed by atoms with van der Waals surface area (Å²) in [5.41, 5.74) is 5.12. The van der Waals surface area contributed by atoms with E-state index in [9.17, 15) is 10.1 Å². The summed E-state index contributed by atoms with van der Waals surface area (Å²) in [4.78, 5) is 14.9. The molecule has 4 heteroatoms. The Morgan fingerprint density at radius 2 is 1.67 bits per heavy atom. The third kappa shape index (κ3) is 1.86. The van der Waals surface area contributed by atoms with E-state index in [2.05, 4.69) is 18.8 Å². The van der Waals surface area contributed by atoms with Crippen molar-refractivity contribution in [3.05, 3.63) is 39.1 Å². The first-order valence-corrected chi connectivity index (χ1v) is 9.23. The highest BCUT2D eigenvalue weighted by Crippen LogP contribution is 2.61. The van der Waals surface area contributed by atoms with E-state index < -0.39 is 0 Å². The van der Waals surface area contributed by atoms with Crippen LogP contribution >= 0.6 is 0 Å². The summed E-state index contributed by atoms with van der Waals surface area (Å²) < 4.78 is 0. The summed E-state index contributed by atoms with van der Waals surface area (Å²) in [6.07, 6.45) is 7.85. The summed E-state index contributed by atoms with van der Waals surface area (Å²) in [5.74, 6) is 2.51. The second-order valence-corrected chi connectivity index (χ2v) is 8.75. The Morgan fingerprint density at radius 3 is 2.21 bits per heavy atom. The molecule has 24 heavy (non-hydrogen) atoms. The fraction of sp³-hybridized carbons (Fsp3) is 0.600. The second-order valence-electron chi connectivity index (χ2n) is 8.75. The molecular weight excluding hydrogens is 300 g/mol. The van der Waals surface area contributed by atoms with Gasteiger partial charge >= 0.3 is 0 Å². The van der Waals surface area contributed by atoms with Crippen LogP contribution in [0.15, 0.2) is 12.1 Å². The van der Waals surface area contributed by atoms with E-state index >= 15 is 0 Å². The maximum atomic E-state index is 11.5. The van der Waals surface area contributed by atoms with Crippen molar-refractivity contribution >= 4 is 16.6 Å². The van der Waals surface area contributed by atoms with Crippen molar-refractivity contribution in [1.82, 2.24) is 4.98 Å². The predicted octanol–water partition coefficient (Wildman–Crippen LogP) is 5.16. The SMILES string of the molecule is Cc1[nH]c2c(C34CC5CC(CC(C5)C3)C4)cc([N+](=O)[O-])cc2c1C. The highest BCUT2D eigenvalue weighted by Gasteiger charge is 2.52. The molecule has 0 atom stereocenters. The van der Waals surface area contributed by atoms with E-state index in [1.165, 1.54) is 44.1 Å². The predicted molar refractivity (Wildman–Crippen MR) is 94.3 cm³/mol. The zero-order valence-corrected chi connectivity index (χ0v) is 14.4. The normalized spacial score (nSPS) is 34.2. The maximum Gasteiger partial charge on any atom is 0.270 e. The molecule has 0 amide bonds. The minimum absolute atomic E-state index is 0.169. The first-order valence-electron chi connectivity index (χ1n) is 9.23. The van der Waals surface area contributed by atoms with E-state index in [4.69, 9.17) is 0 Å². The number of rotatable bonds is 2. The van der Waals surface area contributed by atoms with Gasteiger partial charge in [-0.15, -0.1) is 0 Å². The molecule has 4 fully saturated rings. The fourth-order valence-electron chi connectivity index (χ4n) is 6.50. The maximum absolute atomic E-state index is 11.5. The number of nitrogens with one attached hydrogen (secondary N) is 1. The van der Waals surface area contributed by atoms with Crippen molar-refractivity contribution in [1.29, 1.82) is 0 Å². The van der Waals surface area contributed by atoms with Crippen LogP contribution in [-0.4, -0.2) is 9.91 Å². The van der Waals surface area contributed by atoms with Gasteiger partial charge in [0, 0.05) is 23.2 Å². The molecule has 0 saturated heterocycles. The molecule has 2 aromatic rings. The molecule has 0 aliphatic heterocycles. The van der Waals surface area contributed by atoms with Crippen LogP contribution in [0.1, 0.15) is 55.3 Å². The largest absolute Gasteiger partial charge is 0.358 e. The second kappa shape index (κ2) is 4.62. The lowest BCUT2D eigenvalue weighted by molar-refractivity contribution is -0.384. The van der Waals surface area contributed by atoms with Crippen LogP contribution in [-0.2, 0) is 5.41 Å². The Balaban J connectivity index is 1.77. The Kier molecular flexibility index (Phi) is 2.79. The number of nitro groups is 1. The number of aromatic amines is 1. The van der Waals surface area contributed by atoms with Gasteiger partial charge in [0.15, 0.2) is 0 Å². The van der Waals surface area contributed by atoms with Crippen molar-refractivity contribution in [3.63, 3.8) is 0 Å². The van der Waals surface area contributed by atoms with Gasteiger partial charge in [-0.05, 0) is 86.7 Å². The zero-order valence-electron chi connectivity index (χ0n) is 14.4. The average molecular weight is 324 g/mol. The molecule has 1 aromatic carbocycles. The highest BCUT2D eigenvalue weighted by molar-refractivity contribution is 5.90. The molecule has 4 bridgehead atoms. The summed E-state index contributed by atoms with van der Waals surface area (Å²) >= 11 is 0. The van der Waals surface area contributed by atoms with Gasteiger partial charge in [-0.25, -0.2) is 0 Å². The molecule has 4 saturated carbocycles. The number of non-ortho nitro benzene ring substituents is 1.